The van der Waals surface area contributed by atoms with E-state index in [4.69, 9.17) is 18.9 Å². The molecule has 2 rings (SSSR count). The van der Waals surface area contributed by atoms with Crippen LogP contribution in [0.5, 0.6) is 11.5 Å². The molecule has 0 unspecified atom stereocenters. The maximum Gasteiger partial charge on any atom is 0.513 e. The summed E-state index contributed by atoms with van der Waals surface area (Å²) >= 11 is 0. The molecular formula is C23H24O7. The number of carbonyl (C=O) groups is 3. The molecule has 0 atom stereocenters. The van der Waals surface area contributed by atoms with Crippen molar-refractivity contribution in [1.29, 1.82) is 0 Å². The smallest absolute Gasteiger partial charge is 0.463 e. The molecule has 0 aliphatic heterocycles. The zero-order valence-electron chi connectivity index (χ0n) is 16.6. The first-order valence-corrected chi connectivity index (χ1v) is 9.59. The molecule has 0 spiro atoms. The van der Waals surface area contributed by atoms with Gasteiger partial charge in [-0.1, -0.05) is 24.8 Å². The first kappa shape index (κ1) is 22.7. The van der Waals surface area contributed by atoms with Gasteiger partial charge < -0.3 is 18.9 Å². The van der Waals surface area contributed by atoms with Crippen molar-refractivity contribution in [3.05, 3.63) is 72.8 Å². The highest BCUT2D eigenvalue weighted by molar-refractivity contribution is 5.91. The Kier molecular flexibility index (Phi) is 9.65. The molecule has 0 heterocycles. The summed E-state index contributed by atoms with van der Waals surface area (Å²) in [6.07, 6.45) is 3.41. The second-order valence-corrected chi connectivity index (χ2v) is 6.21. The third-order valence-electron chi connectivity index (χ3n) is 3.91. The monoisotopic (exact) mass is 412 g/mol. The molecule has 30 heavy (non-hydrogen) atoms. The maximum atomic E-state index is 12.1. The van der Waals surface area contributed by atoms with E-state index in [0.29, 0.717) is 24.3 Å². The first-order chi connectivity index (χ1) is 14.6. The van der Waals surface area contributed by atoms with E-state index in [-0.39, 0.29) is 12.4 Å². The van der Waals surface area contributed by atoms with E-state index in [1.54, 1.807) is 24.3 Å². The van der Waals surface area contributed by atoms with Gasteiger partial charge in [-0.2, -0.15) is 0 Å². The summed E-state index contributed by atoms with van der Waals surface area (Å²) < 4.78 is 20.2. The molecule has 7 heteroatoms. The Hall–Kier alpha value is -3.61. The van der Waals surface area contributed by atoms with Crippen molar-refractivity contribution >= 4 is 18.1 Å². The van der Waals surface area contributed by atoms with Crippen molar-refractivity contribution < 1.29 is 33.3 Å². The lowest BCUT2D eigenvalue weighted by molar-refractivity contribution is -0.137. The zero-order chi connectivity index (χ0) is 21.6. The van der Waals surface area contributed by atoms with Gasteiger partial charge in [-0.05, 0) is 62.1 Å². The number of ether oxygens (including phenoxy) is 4. The Bertz CT molecular complexity index is 828. The van der Waals surface area contributed by atoms with Crippen molar-refractivity contribution in [2.24, 2.45) is 0 Å². The van der Waals surface area contributed by atoms with Gasteiger partial charge >= 0.3 is 18.1 Å². The van der Waals surface area contributed by atoms with Crippen molar-refractivity contribution in [3.8, 4) is 11.5 Å². The van der Waals surface area contributed by atoms with Crippen LogP contribution in [0.25, 0.3) is 0 Å². The Labute approximate surface area is 175 Å². The number of benzene rings is 2. The largest absolute Gasteiger partial charge is 0.513 e. The number of carbonyl (C=O) groups excluding carboxylic acids is 3. The number of hydrogen-bond donors (Lipinski definition) is 0. The van der Waals surface area contributed by atoms with Crippen LogP contribution in [0.4, 0.5) is 4.79 Å². The van der Waals surface area contributed by atoms with E-state index >= 15 is 0 Å². The molecular weight excluding hydrogens is 388 g/mol. The van der Waals surface area contributed by atoms with Gasteiger partial charge in [0, 0.05) is 6.08 Å². The molecule has 0 amide bonds. The normalized spacial score (nSPS) is 10.0. The second kappa shape index (κ2) is 12.8. The third-order valence-corrected chi connectivity index (χ3v) is 3.91. The van der Waals surface area contributed by atoms with E-state index in [1.807, 2.05) is 6.07 Å². The highest BCUT2D eigenvalue weighted by Crippen LogP contribution is 2.16. The molecule has 0 aromatic heterocycles. The highest BCUT2D eigenvalue weighted by atomic mass is 16.7. The van der Waals surface area contributed by atoms with Crippen molar-refractivity contribution in [3.63, 3.8) is 0 Å². The zero-order valence-corrected chi connectivity index (χ0v) is 16.6. The van der Waals surface area contributed by atoms with Gasteiger partial charge in [-0.15, -0.1) is 0 Å². The van der Waals surface area contributed by atoms with Gasteiger partial charge in [0.15, 0.2) is 0 Å². The molecule has 0 fully saturated rings. The minimum atomic E-state index is -0.811. The molecule has 0 saturated carbocycles. The van der Waals surface area contributed by atoms with Crippen molar-refractivity contribution in [2.45, 2.75) is 25.7 Å². The van der Waals surface area contributed by atoms with E-state index in [1.165, 1.54) is 24.3 Å². The molecule has 2 aromatic rings. The van der Waals surface area contributed by atoms with Crippen molar-refractivity contribution in [2.75, 3.05) is 13.2 Å². The van der Waals surface area contributed by atoms with Crippen LogP contribution >= 0.6 is 0 Å². The molecule has 0 radical (unpaired) electrons. The Morgan fingerprint density at radius 2 is 1.33 bits per heavy atom. The minimum Gasteiger partial charge on any atom is -0.463 e. The van der Waals surface area contributed by atoms with Gasteiger partial charge in [0.05, 0.1) is 18.8 Å². The molecule has 7 nitrogen and oxygen atoms in total. The van der Waals surface area contributed by atoms with E-state index < -0.39 is 18.1 Å². The van der Waals surface area contributed by atoms with Gasteiger partial charge in [-0.25, -0.2) is 14.4 Å². The predicted molar refractivity (Wildman–Crippen MR) is 109 cm³/mol. The van der Waals surface area contributed by atoms with Gasteiger partial charge in [-0.3, -0.25) is 0 Å². The number of hydrogen-bond acceptors (Lipinski definition) is 7. The lowest BCUT2D eigenvalue weighted by Crippen LogP contribution is -2.12. The van der Waals surface area contributed by atoms with Crippen LogP contribution < -0.4 is 9.47 Å². The maximum absolute atomic E-state index is 12.1. The van der Waals surface area contributed by atoms with E-state index in [9.17, 15) is 14.4 Å². The van der Waals surface area contributed by atoms with Crippen LogP contribution in [0.2, 0.25) is 0 Å². The van der Waals surface area contributed by atoms with Gasteiger partial charge in [0.1, 0.15) is 11.5 Å². The van der Waals surface area contributed by atoms with Crippen LogP contribution in [0, 0.1) is 0 Å². The van der Waals surface area contributed by atoms with Crippen LogP contribution in [0.3, 0.4) is 0 Å². The summed E-state index contributed by atoms with van der Waals surface area (Å²) in [7, 11) is 0. The number of unbranched alkanes of at least 4 members (excludes halogenated alkanes) is 3. The Balaban J connectivity index is 1.62. The summed E-state index contributed by atoms with van der Waals surface area (Å²) in [6.45, 7) is 3.90. The van der Waals surface area contributed by atoms with Gasteiger partial charge in [0.25, 0.3) is 0 Å². The summed E-state index contributed by atoms with van der Waals surface area (Å²) in [5.74, 6) is -0.221. The standard InChI is InChI=1S/C23H24O7/c1-2-21(24)27-16-8-3-4-9-17-28-23(26)30-20-14-12-18(13-15-20)22(25)29-19-10-6-5-7-11-19/h2,5-7,10-15H,1,3-4,8-9,16-17H2. The van der Waals surface area contributed by atoms with E-state index in [2.05, 4.69) is 6.58 Å². The summed E-state index contributed by atoms with van der Waals surface area (Å²) in [4.78, 5) is 34.7. The Morgan fingerprint density at radius 3 is 1.97 bits per heavy atom. The fourth-order valence-electron chi connectivity index (χ4n) is 2.38. The van der Waals surface area contributed by atoms with Crippen LogP contribution in [0.1, 0.15) is 36.0 Å². The molecule has 2 aromatic carbocycles. The quantitative estimate of drug-likeness (QED) is 0.174. The van der Waals surface area contributed by atoms with Gasteiger partial charge in [0.2, 0.25) is 0 Å². The SMILES string of the molecule is C=CC(=O)OCCCCCCOC(=O)Oc1ccc(C(=O)Oc2ccccc2)cc1. The minimum absolute atomic E-state index is 0.229. The lowest BCUT2D eigenvalue weighted by atomic mass is 10.2. The number of esters is 2. The third kappa shape index (κ3) is 8.60. The summed E-state index contributed by atoms with van der Waals surface area (Å²) in [6, 6.07) is 14.7. The molecule has 0 aliphatic carbocycles. The number of rotatable bonds is 11. The molecule has 0 aliphatic rings. The average Bonchev–Trinajstić information content (AvgIpc) is 2.76. The first-order valence-electron chi connectivity index (χ1n) is 9.59. The Morgan fingerprint density at radius 1 is 0.733 bits per heavy atom. The fraction of sp³-hybridized carbons (Fsp3) is 0.261. The molecule has 0 saturated heterocycles. The van der Waals surface area contributed by atoms with E-state index in [0.717, 1.165) is 25.3 Å². The topological polar surface area (TPSA) is 88.1 Å². The average molecular weight is 412 g/mol. The molecule has 158 valence electrons. The number of para-hydroxylation sites is 1. The summed E-state index contributed by atoms with van der Waals surface area (Å²) in [5.41, 5.74) is 0.332. The lowest BCUT2D eigenvalue weighted by Gasteiger charge is -2.07. The van der Waals surface area contributed by atoms with Crippen LogP contribution in [-0.2, 0) is 14.3 Å². The summed E-state index contributed by atoms with van der Waals surface area (Å²) in [5, 5.41) is 0. The second-order valence-electron chi connectivity index (χ2n) is 6.21. The predicted octanol–water partition coefficient (Wildman–Crippen LogP) is 4.71. The fourth-order valence-corrected chi connectivity index (χ4v) is 2.38. The van der Waals surface area contributed by atoms with Crippen LogP contribution in [-0.4, -0.2) is 31.3 Å². The van der Waals surface area contributed by atoms with Crippen molar-refractivity contribution in [1.82, 2.24) is 0 Å². The van der Waals surface area contributed by atoms with Crippen LogP contribution in [0.15, 0.2) is 67.3 Å². The molecule has 0 bridgehead atoms. The highest BCUT2D eigenvalue weighted by Gasteiger charge is 2.10. The molecule has 0 N–H and O–H groups in total.